The maximum Gasteiger partial charge on any atom is 0.328 e. The number of carboxylic acids is 1. The summed E-state index contributed by atoms with van der Waals surface area (Å²) in [7, 11) is 1.57. The second-order valence-corrected chi connectivity index (χ2v) is 4.71. The molecule has 0 unspecified atom stereocenters. The summed E-state index contributed by atoms with van der Waals surface area (Å²) in [5, 5.41) is 8.66. The Morgan fingerprint density at radius 3 is 2.89 bits per heavy atom. The highest BCUT2D eigenvalue weighted by molar-refractivity contribution is 5.85. The first kappa shape index (κ1) is 13.6. The third-order valence-corrected chi connectivity index (χ3v) is 3.02. The van der Waals surface area contributed by atoms with E-state index >= 15 is 0 Å². The van der Waals surface area contributed by atoms with Crippen molar-refractivity contribution < 1.29 is 19.4 Å². The number of hydrogen-bond donors (Lipinski definition) is 1. The van der Waals surface area contributed by atoms with Crippen molar-refractivity contribution in [2.75, 3.05) is 13.7 Å². The van der Waals surface area contributed by atoms with Gasteiger partial charge in [0.15, 0.2) is 0 Å². The molecular formula is C15H18O4. The minimum absolute atomic E-state index is 0.550. The predicted octanol–water partition coefficient (Wildman–Crippen LogP) is 2.72. The number of rotatable bonds is 7. The highest BCUT2D eigenvalue weighted by atomic mass is 16.5. The van der Waals surface area contributed by atoms with Gasteiger partial charge in [0.25, 0.3) is 0 Å². The summed E-state index contributed by atoms with van der Waals surface area (Å²) in [4.78, 5) is 10.6. The molecule has 1 fully saturated rings. The SMILES string of the molecule is COc1ccc(COCC2CC2)cc1/C=C/C(=O)O. The van der Waals surface area contributed by atoms with Crippen LogP contribution in [0, 0.1) is 5.92 Å². The standard InChI is InChI=1S/C15H18O4/c1-18-14-6-4-12(10-19-9-11-2-3-11)8-13(14)5-7-15(16)17/h4-8,11H,2-3,9-10H2,1H3,(H,16,17)/b7-5+. The molecule has 0 atom stereocenters. The van der Waals surface area contributed by atoms with Gasteiger partial charge in [0.05, 0.1) is 13.7 Å². The van der Waals surface area contributed by atoms with Crippen LogP contribution in [0.25, 0.3) is 6.08 Å². The van der Waals surface area contributed by atoms with E-state index in [-0.39, 0.29) is 0 Å². The molecule has 1 N–H and O–H groups in total. The van der Waals surface area contributed by atoms with Gasteiger partial charge in [-0.15, -0.1) is 0 Å². The van der Waals surface area contributed by atoms with Crippen molar-refractivity contribution in [3.05, 3.63) is 35.4 Å². The molecule has 0 radical (unpaired) electrons. The van der Waals surface area contributed by atoms with Gasteiger partial charge in [0.2, 0.25) is 0 Å². The average molecular weight is 262 g/mol. The van der Waals surface area contributed by atoms with Gasteiger partial charge in [-0.25, -0.2) is 4.79 Å². The molecular weight excluding hydrogens is 244 g/mol. The number of methoxy groups -OCH3 is 1. The maximum absolute atomic E-state index is 10.6. The van der Waals surface area contributed by atoms with Crippen LogP contribution in [0.15, 0.2) is 24.3 Å². The third kappa shape index (κ3) is 4.41. The molecule has 2 rings (SSSR count). The van der Waals surface area contributed by atoms with E-state index in [2.05, 4.69) is 0 Å². The Morgan fingerprint density at radius 2 is 2.26 bits per heavy atom. The molecule has 19 heavy (non-hydrogen) atoms. The minimum Gasteiger partial charge on any atom is -0.496 e. The molecule has 4 nitrogen and oxygen atoms in total. The Balaban J connectivity index is 2.02. The van der Waals surface area contributed by atoms with Gasteiger partial charge in [0.1, 0.15) is 5.75 Å². The summed E-state index contributed by atoms with van der Waals surface area (Å²) in [6, 6.07) is 5.66. The number of benzene rings is 1. The van der Waals surface area contributed by atoms with Crippen LogP contribution in [-0.4, -0.2) is 24.8 Å². The van der Waals surface area contributed by atoms with Gasteiger partial charge in [0, 0.05) is 18.2 Å². The van der Waals surface area contributed by atoms with Crippen molar-refractivity contribution in [3.63, 3.8) is 0 Å². The molecule has 1 aliphatic carbocycles. The van der Waals surface area contributed by atoms with E-state index < -0.39 is 5.97 Å². The van der Waals surface area contributed by atoms with Crippen molar-refractivity contribution in [1.29, 1.82) is 0 Å². The fraction of sp³-hybridized carbons (Fsp3) is 0.400. The molecule has 0 amide bonds. The summed E-state index contributed by atoms with van der Waals surface area (Å²) in [6.45, 7) is 1.36. The van der Waals surface area contributed by atoms with E-state index in [9.17, 15) is 4.79 Å². The monoisotopic (exact) mass is 262 g/mol. The lowest BCUT2D eigenvalue weighted by Gasteiger charge is -2.08. The Morgan fingerprint density at radius 1 is 1.47 bits per heavy atom. The highest BCUT2D eigenvalue weighted by Crippen LogP contribution is 2.29. The largest absolute Gasteiger partial charge is 0.496 e. The number of hydrogen-bond acceptors (Lipinski definition) is 3. The Hall–Kier alpha value is -1.81. The number of carboxylic acid groups (broad SMARTS) is 1. The number of aliphatic carboxylic acids is 1. The van der Waals surface area contributed by atoms with Gasteiger partial charge >= 0.3 is 5.97 Å². The molecule has 0 aliphatic heterocycles. The van der Waals surface area contributed by atoms with Crippen LogP contribution in [0.1, 0.15) is 24.0 Å². The van der Waals surface area contributed by atoms with Crippen molar-refractivity contribution in [2.45, 2.75) is 19.4 Å². The molecule has 0 heterocycles. The zero-order valence-corrected chi connectivity index (χ0v) is 11.0. The van der Waals surface area contributed by atoms with Crippen molar-refractivity contribution >= 4 is 12.0 Å². The zero-order valence-electron chi connectivity index (χ0n) is 11.0. The first-order valence-corrected chi connectivity index (χ1v) is 6.34. The van der Waals surface area contributed by atoms with Crippen molar-refractivity contribution in [2.24, 2.45) is 5.92 Å². The van der Waals surface area contributed by atoms with Crippen molar-refractivity contribution in [1.82, 2.24) is 0 Å². The van der Waals surface area contributed by atoms with Crippen LogP contribution < -0.4 is 4.74 Å². The van der Waals surface area contributed by atoms with E-state index in [4.69, 9.17) is 14.6 Å². The quantitative estimate of drug-likeness (QED) is 0.768. The Bertz CT molecular complexity index is 475. The molecule has 1 saturated carbocycles. The van der Waals surface area contributed by atoms with Crippen LogP contribution in [0.3, 0.4) is 0 Å². The van der Waals surface area contributed by atoms with Gasteiger partial charge < -0.3 is 14.6 Å². The Labute approximate surface area is 112 Å². The molecule has 1 aromatic carbocycles. The summed E-state index contributed by atoms with van der Waals surface area (Å²) >= 11 is 0. The van der Waals surface area contributed by atoms with Crippen LogP contribution in [0.2, 0.25) is 0 Å². The summed E-state index contributed by atoms with van der Waals surface area (Å²) in [6.07, 6.45) is 5.18. The van der Waals surface area contributed by atoms with E-state index in [0.29, 0.717) is 12.4 Å². The zero-order chi connectivity index (χ0) is 13.7. The number of carbonyl (C=O) groups is 1. The van der Waals surface area contributed by atoms with Crippen LogP contribution in [-0.2, 0) is 16.1 Å². The smallest absolute Gasteiger partial charge is 0.328 e. The molecule has 1 aliphatic rings. The molecule has 4 heteroatoms. The molecule has 102 valence electrons. The molecule has 0 aromatic heterocycles. The van der Waals surface area contributed by atoms with E-state index in [1.54, 1.807) is 7.11 Å². The second kappa shape index (κ2) is 6.38. The topological polar surface area (TPSA) is 55.8 Å². The normalized spacial score (nSPS) is 14.8. The van der Waals surface area contributed by atoms with Gasteiger partial charge in [-0.05, 0) is 42.5 Å². The fourth-order valence-corrected chi connectivity index (χ4v) is 1.79. The van der Waals surface area contributed by atoms with Gasteiger partial charge in [-0.2, -0.15) is 0 Å². The molecule has 0 spiro atoms. The summed E-state index contributed by atoms with van der Waals surface area (Å²) in [5.41, 5.74) is 1.77. The van der Waals surface area contributed by atoms with Gasteiger partial charge in [-0.3, -0.25) is 0 Å². The summed E-state index contributed by atoms with van der Waals surface area (Å²) < 4.78 is 10.8. The first-order chi connectivity index (χ1) is 9.19. The van der Waals surface area contributed by atoms with E-state index in [1.165, 1.54) is 18.9 Å². The predicted molar refractivity (Wildman–Crippen MR) is 72.0 cm³/mol. The molecule has 0 saturated heterocycles. The summed E-state index contributed by atoms with van der Waals surface area (Å²) in [5.74, 6) is 0.422. The lowest BCUT2D eigenvalue weighted by atomic mass is 10.1. The van der Waals surface area contributed by atoms with E-state index in [0.717, 1.165) is 29.7 Å². The van der Waals surface area contributed by atoms with Crippen LogP contribution in [0.5, 0.6) is 5.75 Å². The molecule has 0 bridgehead atoms. The first-order valence-electron chi connectivity index (χ1n) is 6.34. The highest BCUT2D eigenvalue weighted by Gasteiger charge is 2.21. The lowest BCUT2D eigenvalue weighted by molar-refractivity contribution is -0.131. The lowest BCUT2D eigenvalue weighted by Crippen LogP contribution is -1.98. The fourth-order valence-electron chi connectivity index (χ4n) is 1.79. The van der Waals surface area contributed by atoms with Gasteiger partial charge in [-0.1, -0.05) is 6.07 Å². The second-order valence-electron chi connectivity index (χ2n) is 4.71. The van der Waals surface area contributed by atoms with Crippen LogP contribution in [0.4, 0.5) is 0 Å². The average Bonchev–Trinajstić information content (AvgIpc) is 3.20. The minimum atomic E-state index is -0.975. The van der Waals surface area contributed by atoms with E-state index in [1.807, 2.05) is 18.2 Å². The van der Waals surface area contributed by atoms with Crippen molar-refractivity contribution in [3.8, 4) is 5.75 Å². The molecule has 1 aromatic rings. The number of ether oxygens (including phenoxy) is 2. The third-order valence-electron chi connectivity index (χ3n) is 3.02. The maximum atomic E-state index is 10.6. The van der Waals surface area contributed by atoms with Crippen LogP contribution >= 0.6 is 0 Å². The Kier molecular flexibility index (Phi) is 4.58.